The molecule has 11 heavy (non-hydrogen) atoms. The molecular weight excluding hydrogens is 160 g/mol. The van der Waals surface area contributed by atoms with Gasteiger partial charge in [-0.1, -0.05) is 17.5 Å². The Kier molecular flexibility index (Phi) is 2.73. The fourth-order valence-electron chi connectivity index (χ4n) is 0.792. The third-order valence-corrected chi connectivity index (χ3v) is 2.25. The lowest BCUT2D eigenvalue weighted by molar-refractivity contribution is 0.231. The molecule has 4 heteroatoms. The lowest BCUT2D eigenvalue weighted by atomic mass is 10.2. The van der Waals surface area contributed by atoms with Gasteiger partial charge in [0.15, 0.2) is 0 Å². The predicted octanol–water partition coefficient (Wildman–Crippen LogP) is 1.32. The van der Waals surface area contributed by atoms with Gasteiger partial charge < -0.3 is 5.11 Å². The van der Waals surface area contributed by atoms with Gasteiger partial charge in [0.25, 0.3) is 0 Å². The molecule has 1 atom stereocenters. The molecule has 1 rings (SSSR count). The summed E-state index contributed by atoms with van der Waals surface area (Å²) in [6, 6.07) is 0. The maximum absolute atomic E-state index is 9.34. The number of aromatic nitrogens is 2. The monoisotopic (exact) mass is 170 g/mol. The second kappa shape index (κ2) is 3.59. The van der Waals surface area contributed by atoms with Crippen LogP contribution in [0.2, 0.25) is 0 Å². The lowest BCUT2D eigenvalue weighted by Crippen LogP contribution is -1.94. The van der Waals surface area contributed by atoms with Crippen molar-refractivity contribution in [1.29, 1.82) is 0 Å². The lowest BCUT2D eigenvalue weighted by Gasteiger charge is -2.00. The third-order valence-electron chi connectivity index (χ3n) is 1.41. The summed E-state index contributed by atoms with van der Waals surface area (Å²) >= 11 is 1.22. The average Bonchev–Trinajstić information content (AvgIpc) is 2.50. The minimum atomic E-state index is -0.607. The molecule has 0 aliphatic carbocycles. The molecule has 1 aromatic rings. The van der Waals surface area contributed by atoms with Crippen molar-refractivity contribution < 1.29 is 5.11 Å². The number of aliphatic hydroxyl groups is 1. The van der Waals surface area contributed by atoms with Crippen LogP contribution >= 0.6 is 11.5 Å². The Morgan fingerprint density at radius 1 is 1.82 bits per heavy atom. The van der Waals surface area contributed by atoms with Gasteiger partial charge >= 0.3 is 0 Å². The van der Waals surface area contributed by atoms with Crippen LogP contribution in [-0.4, -0.2) is 14.7 Å². The van der Waals surface area contributed by atoms with Crippen molar-refractivity contribution in [2.24, 2.45) is 0 Å². The molecule has 0 aromatic carbocycles. The highest BCUT2D eigenvalue weighted by Crippen LogP contribution is 2.20. The zero-order valence-corrected chi connectivity index (χ0v) is 7.14. The molecule has 0 fully saturated rings. The summed E-state index contributed by atoms with van der Waals surface area (Å²) < 4.78 is 3.75. The van der Waals surface area contributed by atoms with E-state index in [4.69, 9.17) is 0 Å². The van der Waals surface area contributed by atoms with E-state index in [9.17, 15) is 5.11 Å². The maximum Gasteiger partial charge on any atom is 0.110 e. The van der Waals surface area contributed by atoms with E-state index in [2.05, 4.69) is 16.2 Å². The largest absolute Gasteiger partial charge is 0.383 e. The number of aliphatic hydroxyl groups excluding tert-OH is 1. The van der Waals surface area contributed by atoms with Gasteiger partial charge in [0, 0.05) is 0 Å². The van der Waals surface area contributed by atoms with Gasteiger partial charge in [-0.15, -0.1) is 11.7 Å². The van der Waals surface area contributed by atoms with Gasteiger partial charge in [-0.3, -0.25) is 0 Å². The second-order valence-corrected chi connectivity index (χ2v) is 2.90. The number of hydrogen-bond acceptors (Lipinski definition) is 4. The van der Waals surface area contributed by atoms with Crippen LogP contribution in [-0.2, 0) is 6.42 Å². The molecule has 0 bridgehead atoms. The number of rotatable bonds is 3. The molecule has 60 valence electrons. The summed E-state index contributed by atoms with van der Waals surface area (Å²) in [6.45, 7) is 5.48. The molecule has 0 aliphatic rings. The first-order chi connectivity index (χ1) is 5.29. The van der Waals surface area contributed by atoms with Crippen molar-refractivity contribution in [1.82, 2.24) is 9.59 Å². The molecule has 0 aliphatic heterocycles. The summed E-state index contributed by atoms with van der Waals surface area (Å²) in [5, 5.41) is 13.2. The van der Waals surface area contributed by atoms with Crippen LogP contribution in [0.25, 0.3) is 0 Å². The number of hydrogen-bond donors (Lipinski definition) is 1. The van der Waals surface area contributed by atoms with Crippen LogP contribution in [0.15, 0.2) is 12.7 Å². The minimum Gasteiger partial charge on any atom is -0.383 e. The van der Waals surface area contributed by atoms with Crippen LogP contribution in [0.3, 0.4) is 0 Å². The van der Waals surface area contributed by atoms with E-state index in [0.29, 0.717) is 0 Å². The second-order valence-electron chi connectivity index (χ2n) is 2.12. The summed E-state index contributed by atoms with van der Waals surface area (Å²) in [4.78, 5) is 0.808. The molecular formula is C7H10N2OS. The van der Waals surface area contributed by atoms with Crippen LogP contribution in [0.5, 0.6) is 0 Å². The molecule has 0 amide bonds. The van der Waals surface area contributed by atoms with Crippen molar-refractivity contribution >= 4 is 11.5 Å². The van der Waals surface area contributed by atoms with Crippen molar-refractivity contribution in [3.63, 3.8) is 0 Å². The van der Waals surface area contributed by atoms with Crippen LogP contribution in [0, 0.1) is 0 Å². The van der Waals surface area contributed by atoms with Crippen molar-refractivity contribution in [2.75, 3.05) is 0 Å². The summed E-state index contributed by atoms with van der Waals surface area (Å²) in [5.74, 6) is 0. The Hall–Kier alpha value is -0.740. The van der Waals surface area contributed by atoms with Crippen molar-refractivity contribution in [3.8, 4) is 0 Å². The van der Waals surface area contributed by atoms with Crippen LogP contribution in [0.4, 0.5) is 0 Å². The maximum atomic E-state index is 9.34. The van der Waals surface area contributed by atoms with E-state index in [1.54, 1.807) is 0 Å². The van der Waals surface area contributed by atoms with Crippen LogP contribution < -0.4 is 0 Å². The smallest absolute Gasteiger partial charge is 0.110 e. The molecule has 0 saturated heterocycles. The Morgan fingerprint density at radius 3 is 3.09 bits per heavy atom. The van der Waals surface area contributed by atoms with E-state index < -0.39 is 6.10 Å². The SMILES string of the molecule is C=CC(O)c1snnc1CC. The summed E-state index contributed by atoms with van der Waals surface area (Å²) in [5.41, 5.74) is 0.863. The van der Waals surface area contributed by atoms with Crippen molar-refractivity contribution in [2.45, 2.75) is 19.4 Å². The molecule has 1 aromatic heterocycles. The molecule has 0 spiro atoms. The van der Waals surface area contributed by atoms with E-state index in [1.807, 2.05) is 6.92 Å². The number of aryl methyl sites for hydroxylation is 1. The van der Waals surface area contributed by atoms with Gasteiger partial charge in [-0.05, 0) is 18.0 Å². The topological polar surface area (TPSA) is 46.0 Å². The van der Waals surface area contributed by atoms with E-state index in [1.165, 1.54) is 17.6 Å². The van der Waals surface area contributed by atoms with Crippen LogP contribution in [0.1, 0.15) is 23.6 Å². The van der Waals surface area contributed by atoms with Gasteiger partial charge in [-0.2, -0.15) is 0 Å². The van der Waals surface area contributed by atoms with Gasteiger partial charge in [-0.25, -0.2) is 0 Å². The summed E-state index contributed by atoms with van der Waals surface area (Å²) in [6.07, 6.45) is 1.68. The van der Waals surface area contributed by atoms with Gasteiger partial charge in [0.05, 0.1) is 10.6 Å². The predicted molar refractivity (Wildman–Crippen MR) is 44.4 cm³/mol. The average molecular weight is 170 g/mol. The molecule has 1 N–H and O–H groups in total. The normalized spacial score (nSPS) is 12.9. The molecule has 0 radical (unpaired) electrons. The fraction of sp³-hybridized carbons (Fsp3) is 0.429. The highest BCUT2D eigenvalue weighted by molar-refractivity contribution is 7.05. The fourth-order valence-corrected chi connectivity index (χ4v) is 1.51. The van der Waals surface area contributed by atoms with E-state index >= 15 is 0 Å². The quantitative estimate of drug-likeness (QED) is 0.696. The Balaban J connectivity index is 2.91. The highest BCUT2D eigenvalue weighted by atomic mass is 32.1. The van der Waals surface area contributed by atoms with Gasteiger partial charge in [0.2, 0.25) is 0 Å². The van der Waals surface area contributed by atoms with Crippen molar-refractivity contribution in [3.05, 3.63) is 23.2 Å². The Morgan fingerprint density at radius 2 is 2.55 bits per heavy atom. The first-order valence-electron chi connectivity index (χ1n) is 3.41. The van der Waals surface area contributed by atoms with E-state index in [0.717, 1.165) is 17.0 Å². The Labute approximate surface area is 69.5 Å². The molecule has 1 heterocycles. The summed E-state index contributed by atoms with van der Waals surface area (Å²) in [7, 11) is 0. The first kappa shape index (κ1) is 8.36. The van der Waals surface area contributed by atoms with E-state index in [-0.39, 0.29) is 0 Å². The molecule has 0 saturated carbocycles. The zero-order chi connectivity index (χ0) is 8.27. The standard InChI is InChI=1S/C7H10N2OS/c1-3-5-7(6(10)4-2)11-9-8-5/h4,6,10H,2-3H2,1H3. The zero-order valence-electron chi connectivity index (χ0n) is 6.32. The molecule has 3 nitrogen and oxygen atoms in total. The highest BCUT2D eigenvalue weighted by Gasteiger charge is 2.11. The first-order valence-corrected chi connectivity index (χ1v) is 4.18. The van der Waals surface area contributed by atoms with Gasteiger partial charge in [0.1, 0.15) is 6.10 Å². The molecule has 1 unspecified atom stereocenters. The Bertz CT molecular complexity index is 246. The minimum absolute atomic E-state index is 0.607. The number of nitrogens with zero attached hydrogens (tertiary/aromatic N) is 2. The third kappa shape index (κ3) is 1.64.